The molecule has 0 unspecified atom stereocenters. The van der Waals surface area contributed by atoms with E-state index in [1.165, 1.54) is 56.8 Å². The van der Waals surface area contributed by atoms with Crippen molar-refractivity contribution in [3.8, 4) is 5.40 Å². The zero-order chi connectivity index (χ0) is 11.1. The van der Waals surface area contributed by atoms with Crippen molar-refractivity contribution in [1.82, 2.24) is 0 Å². The van der Waals surface area contributed by atoms with Crippen molar-refractivity contribution >= 4 is 12.6 Å². The average Bonchev–Trinajstić information content (AvgIpc) is 2.18. The van der Waals surface area contributed by atoms with Gasteiger partial charge in [0.15, 0.2) is 0 Å². The van der Waals surface area contributed by atoms with Crippen LogP contribution in [-0.2, 0) is 12.6 Å². The van der Waals surface area contributed by atoms with Gasteiger partial charge < -0.3 is 18.4 Å². The summed E-state index contributed by atoms with van der Waals surface area (Å²) in [6, 6.07) is 0. The van der Waals surface area contributed by atoms with Gasteiger partial charge in [-0.3, -0.25) is 0 Å². The van der Waals surface area contributed by atoms with Crippen molar-refractivity contribution in [2.45, 2.75) is 58.3 Å². The van der Waals surface area contributed by atoms with Crippen LogP contribution in [0.3, 0.4) is 0 Å². The molecule has 3 heteroatoms. The number of thiocyanates is 1. The maximum absolute atomic E-state index is 7.13. The zero-order valence-electron chi connectivity index (χ0n) is 9.43. The third-order valence-electron chi connectivity index (χ3n) is 2.10. The van der Waals surface area contributed by atoms with Crippen LogP contribution in [0, 0.1) is 10.7 Å². The first kappa shape index (κ1) is 16.1. The Morgan fingerprint density at radius 1 is 1.00 bits per heavy atom. The van der Waals surface area contributed by atoms with Gasteiger partial charge in [-0.1, -0.05) is 50.8 Å². The SMILES string of the molecule is CCCCCCCCCC[NH3+].N#C[S-]. The third-order valence-corrected chi connectivity index (χ3v) is 2.10. The van der Waals surface area contributed by atoms with Crippen LogP contribution in [0.1, 0.15) is 58.3 Å². The highest BCUT2D eigenvalue weighted by atomic mass is 32.1. The van der Waals surface area contributed by atoms with E-state index < -0.39 is 0 Å². The molecule has 2 nitrogen and oxygen atoms in total. The van der Waals surface area contributed by atoms with E-state index in [-0.39, 0.29) is 0 Å². The van der Waals surface area contributed by atoms with E-state index in [1.54, 1.807) is 0 Å². The van der Waals surface area contributed by atoms with Crippen molar-refractivity contribution in [1.29, 1.82) is 5.26 Å². The first-order valence-electron chi connectivity index (χ1n) is 5.63. The fourth-order valence-corrected chi connectivity index (χ4v) is 1.31. The van der Waals surface area contributed by atoms with Crippen LogP contribution >= 0.6 is 0 Å². The van der Waals surface area contributed by atoms with Crippen molar-refractivity contribution in [2.75, 3.05) is 6.54 Å². The summed E-state index contributed by atoms with van der Waals surface area (Å²) in [6.07, 6.45) is 11.3. The van der Waals surface area contributed by atoms with E-state index >= 15 is 0 Å². The van der Waals surface area contributed by atoms with Crippen LogP contribution < -0.4 is 5.73 Å². The molecule has 0 aliphatic rings. The molecule has 0 saturated carbocycles. The molecular formula is C11H24N2S. The topological polar surface area (TPSA) is 51.4 Å². The molecule has 0 aliphatic carbocycles. The largest absolute Gasteiger partial charge is 0.696 e. The molecule has 0 amide bonds. The molecule has 0 fully saturated rings. The summed E-state index contributed by atoms with van der Waals surface area (Å²) in [5.74, 6) is 0. The minimum atomic E-state index is 1.12. The summed E-state index contributed by atoms with van der Waals surface area (Å²) in [7, 11) is 0. The van der Waals surface area contributed by atoms with Gasteiger partial charge in [0.05, 0.1) is 6.54 Å². The quantitative estimate of drug-likeness (QED) is 0.385. The van der Waals surface area contributed by atoms with Crippen molar-refractivity contribution < 1.29 is 5.73 Å². The maximum atomic E-state index is 7.13. The van der Waals surface area contributed by atoms with Crippen molar-refractivity contribution in [2.24, 2.45) is 0 Å². The van der Waals surface area contributed by atoms with Gasteiger partial charge in [0, 0.05) is 0 Å². The summed E-state index contributed by atoms with van der Waals surface area (Å²) < 4.78 is 0. The fourth-order valence-electron chi connectivity index (χ4n) is 1.31. The molecule has 0 aromatic rings. The minimum absolute atomic E-state index is 1.12. The van der Waals surface area contributed by atoms with E-state index in [0.29, 0.717) is 0 Å². The van der Waals surface area contributed by atoms with Crippen LogP contribution in [0.25, 0.3) is 0 Å². The van der Waals surface area contributed by atoms with Gasteiger partial charge in [-0.05, 0) is 12.8 Å². The molecule has 0 spiro atoms. The highest BCUT2D eigenvalue weighted by molar-refractivity contribution is 7.64. The Balaban J connectivity index is 0. The minimum Gasteiger partial charge on any atom is -0.696 e. The predicted molar refractivity (Wildman–Crippen MR) is 63.3 cm³/mol. The highest BCUT2D eigenvalue weighted by Crippen LogP contribution is 2.07. The second-order valence-corrected chi connectivity index (χ2v) is 3.60. The lowest BCUT2D eigenvalue weighted by molar-refractivity contribution is -0.368. The van der Waals surface area contributed by atoms with Crippen LogP contribution in [0.2, 0.25) is 0 Å². The fraction of sp³-hybridized carbons (Fsp3) is 0.909. The molecule has 0 aromatic heterocycles. The molecule has 0 radical (unpaired) electrons. The highest BCUT2D eigenvalue weighted by Gasteiger charge is 1.89. The van der Waals surface area contributed by atoms with Gasteiger partial charge in [0.2, 0.25) is 0 Å². The summed E-state index contributed by atoms with van der Waals surface area (Å²) in [6.45, 7) is 3.39. The lowest BCUT2D eigenvalue weighted by atomic mass is 10.1. The second kappa shape index (κ2) is 18.5. The summed E-state index contributed by atoms with van der Waals surface area (Å²) >= 11 is 3.70. The molecule has 84 valence electrons. The summed E-state index contributed by atoms with van der Waals surface area (Å²) in [5, 5.41) is 8.47. The van der Waals surface area contributed by atoms with Crippen molar-refractivity contribution in [3.05, 3.63) is 0 Å². The van der Waals surface area contributed by atoms with E-state index in [0.717, 1.165) is 6.54 Å². The summed E-state index contributed by atoms with van der Waals surface area (Å²) in [5.41, 5.74) is 3.83. The molecule has 0 heterocycles. The van der Waals surface area contributed by atoms with Gasteiger partial charge in [-0.25, -0.2) is 5.26 Å². The second-order valence-electron chi connectivity index (χ2n) is 3.42. The van der Waals surface area contributed by atoms with E-state index in [2.05, 4.69) is 25.3 Å². The standard InChI is InChI=1S/C10H23N.CHNS/c1-2-3-4-5-6-7-8-9-10-11;2-1-3/h2-11H2,1H3;3H. The smallest absolute Gasteiger partial charge is 0.0739 e. The monoisotopic (exact) mass is 216 g/mol. The number of nitriles is 1. The van der Waals surface area contributed by atoms with Crippen LogP contribution in [-0.4, -0.2) is 6.54 Å². The number of rotatable bonds is 8. The third kappa shape index (κ3) is 22.6. The summed E-state index contributed by atoms with van der Waals surface area (Å²) in [4.78, 5) is 0. The Morgan fingerprint density at radius 3 is 1.71 bits per heavy atom. The normalized spacial score (nSPS) is 8.64. The van der Waals surface area contributed by atoms with Gasteiger partial charge in [-0.2, -0.15) is 0 Å². The first-order valence-corrected chi connectivity index (χ1v) is 6.04. The van der Waals surface area contributed by atoms with Crippen molar-refractivity contribution in [3.63, 3.8) is 0 Å². The molecule has 14 heavy (non-hydrogen) atoms. The molecule has 0 saturated heterocycles. The number of unbranched alkanes of at least 4 members (excludes halogenated alkanes) is 7. The lowest BCUT2D eigenvalue weighted by Crippen LogP contribution is -2.50. The molecular weight excluding hydrogens is 192 g/mol. The van der Waals surface area contributed by atoms with E-state index in [1.807, 2.05) is 0 Å². The Morgan fingerprint density at radius 2 is 1.36 bits per heavy atom. The van der Waals surface area contributed by atoms with Crippen LogP contribution in [0.5, 0.6) is 0 Å². The Hall–Kier alpha value is -0.330. The molecule has 0 bridgehead atoms. The maximum Gasteiger partial charge on any atom is 0.0739 e. The number of quaternary nitrogens is 1. The number of hydrogen-bond donors (Lipinski definition) is 1. The van der Waals surface area contributed by atoms with Gasteiger partial charge in [0.25, 0.3) is 0 Å². The van der Waals surface area contributed by atoms with Gasteiger partial charge >= 0.3 is 0 Å². The van der Waals surface area contributed by atoms with E-state index in [9.17, 15) is 0 Å². The Bertz CT molecular complexity index is 113. The molecule has 0 rings (SSSR count). The number of nitrogens with zero attached hydrogens (tertiary/aromatic N) is 1. The van der Waals surface area contributed by atoms with E-state index in [4.69, 9.17) is 5.26 Å². The molecule has 0 aromatic carbocycles. The lowest BCUT2D eigenvalue weighted by Gasteiger charge is -1.98. The van der Waals surface area contributed by atoms with Gasteiger partial charge in [-0.15, -0.1) is 0 Å². The van der Waals surface area contributed by atoms with Gasteiger partial charge in [0.1, 0.15) is 0 Å². The van der Waals surface area contributed by atoms with Crippen LogP contribution in [0.4, 0.5) is 0 Å². The molecule has 0 atom stereocenters. The molecule has 3 N–H and O–H groups in total. The average molecular weight is 216 g/mol. The molecule has 0 aliphatic heterocycles. The Labute approximate surface area is 94.3 Å². The first-order chi connectivity index (χ1) is 6.83. The Kier molecular flexibility index (Phi) is 21.2. The zero-order valence-corrected chi connectivity index (χ0v) is 10.2. The number of hydrogen-bond acceptors (Lipinski definition) is 2. The predicted octanol–water partition coefficient (Wildman–Crippen LogP) is 2.38. The van der Waals surface area contributed by atoms with Crippen LogP contribution in [0.15, 0.2) is 0 Å².